The van der Waals surface area contributed by atoms with E-state index in [9.17, 15) is 0 Å². The molecule has 2 aromatic carbocycles. The number of nitrogens with one attached hydrogen (secondary N) is 1. The smallest absolute Gasteiger partial charge is 0.119 e. The van der Waals surface area contributed by atoms with E-state index in [1.54, 1.807) is 11.3 Å². The maximum Gasteiger partial charge on any atom is 0.119 e. The van der Waals surface area contributed by atoms with E-state index < -0.39 is 0 Å². The third kappa shape index (κ3) is 5.22. The van der Waals surface area contributed by atoms with Crippen LogP contribution < -0.4 is 10.1 Å². The van der Waals surface area contributed by atoms with Crippen molar-refractivity contribution >= 4 is 11.3 Å². The van der Waals surface area contributed by atoms with Crippen LogP contribution in [0.5, 0.6) is 5.75 Å². The van der Waals surface area contributed by atoms with Gasteiger partial charge in [-0.3, -0.25) is 0 Å². The zero-order chi connectivity index (χ0) is 16.6. The Morgan fingerprint density at radius 2 is 1.71 bits per heavy atom. The van der Waals surface area contributed by atoms with Gasteiger partial charge < -0.3 is 10.1 Å². The average Bonchev–Trinajstić information content (AvgIpc) is 3.13. The first-order chi connectivity index (χ1) is 11.8. The van der Waals surface area contributed by atoms with E-state index >= 15 is 0 Å². The molecule has 2 nitrogen and oxygen atoms in total. The van der Waals surface area contributed by atoms with Crippen molar-refractivity contribution in [2.45, 2.75) is 32.5 Å². The molecule has 0 radical (unpaired) electrons. The summed E-state index contributed by atoms with van der Waals surface area (Å²) in [7, 11) is 0. The molecule has 1 atom stereocenters. The van der Waals surface area contributed by atoms with Crippen LogP contribution in [0, 0.1) is 0 Å². The van der Waals surface area contributed by atoms with E-state index in [1.807, 2.05) is 30.3 Å². The van der Waals surface area contributed by atoms with Gasteiger partial charge in [0.1, 0.15) is 12.4 Å². The van der Waals surface area contributed by atoms with E-state index in [4.69, 9.17) is 4.74 Å². The molecule has 1 N–H and O–H groups in total. The van der Waals surface area contributed by atoms with E-state index in [-0.39, 0.29) is 0 Å². The fraction of sp³-hybridized carbons (Fsp3) is 0.238. The van der Waals surface area contributed by atoms with Crippen LogP contribution in [0.15, 0.2) is 71.4 Å². The molecule has 0 aliphatic heterocycles. The van der Waals surface area contributed by atoms with E-state index in [1.165, 1.54) is 16.7 Å². The molecule has 1 unspecified atom stereocenters. The number of hydrogen-bond donors (Lipinski definition) is 1. The topological polar surface area (TPSA) is 21.3 Å². The SMILES string of the molecule is CC(Cc1ccsc1)NCc1ccc(OCc2ccccc2)cc1. The van der Waals surface area contributed by atoms with Crippen molar-refractivity contribution < 1.29 is 4.74 Å². The minimum Gasteiger partial charge on any atom is -0.489 e. The highest BCUT2D eigenvalue weighted by atomic mass is 32.1. The van der Waals surface area contributed by atoms with Gasteiger partial charge in [0.2, 0.25) is 0 Å². The zero-order valence-electron chi connectivity index (χ0n) is 13.9. The minimum atomic E-state index is 0.466. The van der Waals surface area contributed by atoms with Gasteiger partial charge in [-0.1, -0.05) is 42.5 Å². The van der Waals surface area contributed by atoms with Crippen molar-refractivity contribution in [1.29, 1.82) is 0 Å². The summed E-state index contributed by atoms with van der Waals surface area (Å²) in [6.45, 7) is 3.72. The third-order valence-corrected chi connectivity index (χ3v) is 4.68. The summed E-state index contributed by atoms with van der Waals surface area (Å²) < 4.78 is 5.82. The van der Waals surface area contributed by atoms with Crippen LogP contribution in [0.3, 0.4) is 0 Å². The molecule has 3 rings (SSSR count). The second-order valence-corrected chi connectivity index (χ2v) is 6.82. The normalized spacial score (nSPS) is 12.0. The van der Waals surface area contributed by atoms with Gasteiger partial charge in [0.15, 0.2) is 0 Å². The fourth-order valence-corrected chi connectivity index (χ4v) is 3.25. The summed E-state index contributed by atoms with van der Waals surface area (Å²) in [5.41, 5.74) is 3.87. The van der Waals surface area contributed by atoms with Crippen LogP contribution in [0.4, 0.5) is 0 Å². The number of ether oxygens (including phenoxy) is 1. The van der Waals surface area contributed by atoms with Crippen molar-refractivity contribution in [3.8, 4) is 5.75 Å². The highest BCUT2D eigenvalue weighted by Crippen LogP contribution is 2.15. The first-order valence-electron chi connectivity index (χ1n) is 8.30. The summed E-state index contributed by atoms with van der Waals surface area (Å²) in [6.07, 6.45) is 1.07. The predicted molar refractivity (Wildman–Crippen MR) is 102 cm³/mol. The molecular weight excluding hydrogens is 314 g/mol. The van der Waals surface area contributed by atoms with Crippen LogP contribution in [0.25, 0.3) is 0 Å². The van der Waals surface area contributed by atoms with Crippen LogP contribution in [-0.2, 0) is 19.6 Å². The average molecular weight is 337 g/mol. The summed E-state index contributed by atoms with van der Waals surface area (Å²) in [6, 6.07) is 21.2. The van der Waals surface area contributed by atoms with Crippen LogP contribution in [-0.4, -0.2) is 6.04 Å². The van der Waals surface area contributed by atoms with E-state index in [0.717, 1.165) is 18.7 Å². The highest BCUT2D eigenvalue weighted by molar-refractivity contribution is 7.07. The molecule has 0 fully saturated rings. The lowest BCUT2D eigenvalue weighted by atomic mass is 10.1. The van der Waals surface area contributed by atoms with Crippen molar-refractivity contribution in [1.82, 2.24) is 5.32 Å². The van der Waals surface area contributed by atoms with Gasteiger partial charge in [-0.2, -0.15) is 11.3 Å². The highest BCUT2D eigenvalue weighted by Gasteiger charge is 2.04. The summed E-state index contributed by atoms with van der Waals surface area (Å²) in [5, 5.41) is 7.93. The second kappa shape index (κ2) is 8.67. The first kappa shape index (κ1) is 16.7. The van der Waals surface area contributed by atoms with Gasteiger partial charge in [0.05, 0.1) is 0 Å². The lowest BCUT2D eigenvalue weighted by molar-refractivity contribution is 0.306. The van der Waals surface area contributed by atoms with Gasteiger partial charge >= 0.3 is 0 Å². The molecular formula is C21H23NOS. The van der Waals surface area contributed by atoms with Crippen molar-refractivity contribution in [2.75, 3.05) is 0 Å². The summed E-state index contributed by atoms with van der Waals surface area (Å²) >= 11 is 1.76. The molecule has 0 aliphatic carbocycles. The molecule has 0 aliphatic rings. The first-order valence-corrected chi connectivity index (χ1v) is 9.24. The standard InChI is InChI=1S/C21H23NOS/c1-17(13-20-11-12-24-16-20)22-14-18-7-9-21(10-8-18)23-15-19-5-3-2-4-6-19/h2-12,16-17,22H,13-15H2,1H3. The number of hydrogen-bond acceptors (Lipinski definition) is 3. The quantitative estimate of drug-likeness (QED) is 0.621. The maximum atomic E-state index is 5.82. The van der Waals surface area contributed by atoms with Crippen LogP contribution in [0.2, 0.25) is 0 Å². The second-order valence-electron chi connectivity index (χ2n) is 6.04. The monoisotopic (exact) mass is 337 g/mol. The predicted octanol–water partition coefficient (Wildman–Crippen LogP) is 5.05. The Hall–Kier alpha value is -2.10. The van der Waals surface area contributed by atoms with Crippen molar-refractivity contribution in [2.24, 2.45) is 0 Å². The Kier molecular flexibility index (Phi) is 6.05. The largest absolute Gasteiger partial charge is 0.489 e. The Balaban J connectivity index is 1.44. The number of benzene rings is 2. The van der Waals surface area contributed by atoms with Crippen LogP contribution in [0.1, 0.15) is 23.6 Å². The maximum absolute atomic E-state index is 5.82. The molecule has 0 spiro atoms. The third-order valence-electron chi connectivity index (χ3n) is 3.95. The molecule has 1 heterocycles. The Labute approximate surface area is 148 Å². The molecule has 1 aromatic heterocycles. The fourth-order valence-electron chi connectivity index (χ4n) is 2.57. The van der Waals surface area contributed by atoms with Gasteiger partial charge in [-0.05, 0) is 59.0 Å². The summed E-state index contributed by atoms with van der Waals surface area (Å²) in [4.78, 5) is 0. The van der Waals surface area contributed by atoms with Gasteiger partial charge in [0.25, 0.3) is 0 Å². The molecule has 0 bridgehead atoms. The molecule has 0 saturated heterocycles. The Bertz CT molecular complexity index is 707. The van der Waals surface area contributed by atoms with Crippen LogP contribution >= 0.6 is 11.3 Å². The van der Waals surface area contributed by atoms with Crippen molar-refractivity contribution in [3.63, 3.8) is 0 Å². The molecule has 24 heavy (non-hydrogen) atoms. The van der Waals surface area contributed by atoms with Gasteiger partial charge in [0, 0.05) is 12.6 Å². The Morgan fingerprint density at radius 1 is 0.917 bits per heavy atom. The zero-order valence-corrected chi connectivity index (χ0v) is 14.8. The number of thiophene rings is 1. The number of rotatable bonds is 8. The lowest BCUT2D eigenvalue weighted by Crippen LogP contribution is -2.27. The molecule has 3 aromatic rings. The van der Waals surface area contributed by atoms with Gasteiger partial charge in [-0.25, -0.2) is 0 Å². The van der Waals surface area contributed by atoms with Gasteiger partial charge in [-0.15, -0.1) is 0 Å². The Morgan fingerprint density at radius 3 is 2.42 bits per heavy atom. The molecule has 3 heteroatoms. The minimum absolute atomic E-state index is 0.466. The molecule has 124 valence electrons. The lowest BCUT2D eigenvalue weighted by Gasteiger charge is -2.13. The molecule has 0 saturated carbocycles. The molecule has 0 amide bonds. The van der Waals surface area contributed by atoms with E-state index in [2.05, 4.69) is 53.3 Å². The van der Waals surface area contributed by atoms with E-state index in [0.29, 0.717) is 12.6 Å². The summed E-state index contributed by atoms with van der Waals surface area (Å²) in [5.74, 6) is 0.911. The van der Waals surface area contributed by atoms with Crippen molar-refractivity contribution in [3.05, 3.63) is 88.1 Å².